The number of phenols is 1. The number of aromatic hydroxyl groups is 1. The number of hydrogen-bond acceptors (Lipinski definition) is 3. The van der Waals surface area contributed by atoms with Gasteiger partial charge in [0.05, 0.1) is 0 Å². The molecule has 1 aliphatic carbocycles. The topological polar surface area (TPSA) is 69.6 Å². The lowest BCUT2D eigenvalue weighted by molar-refractivity contribution is -0.139. The second-order valence-corrected chi connectivity index (χ2v) is 5.00. The molecule has 0 aromatic heterocycles. The molecule has 0 aliphatic heterocycles. The molecule has 2 aromatic rings. The summed E-state index contributed by atoms with van der Waals surface area (Å²) in [6, 6.07) is 14.5. The molecule has 2 aromatic carbocycles. The maximum Gasteiger partial charge on any atom is 0.321 e. The SMILES string of the molecule is CN[C@@H](Cc1ccc(O)cc1)C(=O)O.c1ccc2c(c1)C2. The highest BCUT2D eigenvalue weighted by Gasteiger charge is 2.14. The average Bonchev–Trinajstić information content (AvgIpc) is 3.26. The first-order valence-corrected chi connectivity index (χ1v) is 6.85. The van der Waals surface area contributed by atoms with Gasteiger partial charge in [0.15, 0.2) is 0 Å². The Morgan fingerprint density at radius 1 is 1.14 bits per heavy atom. The van der Waals surface area contributed by atoms with E-state index in [2.05, 4.69) is 29.6 Å². The van der Waals surface area contributed by atoms with Crippen molar-refractivity contribution in [2.45, 2.75) is 18.9 Å². The Labute approximate surface area is 124 Å². The molecule has 3 rings (SSSR count). The predicted octanol–water partition coefficient (Wildman–Crippen LogP) is 2.20. The van der Waals surface area contributed by atoms with E-state index in [0.717, 1.165) is 5.56 Å². The van der Waals surface area contributed by atoms with Crippen molar-refractivity contribution in [3.8, 4) is 5.75 Å². The van der Waals surface area contributed by atoms with Crippen LogP contribution >= 0.6 is 0 Å². The largest absolute Gasteiger partial charge is 0.508 e. The molecular weight excluding hydrogens is 266 g/mol. The molecule has 0 bridgehead atoms. The van der Waals surface area contributed by atoms with Gasteiger partial charge in [0.1, 0.15) is 11.8 Å². The number of hydrogen-bond donors (Lipinski definition) is 3. The maximum absolute atomic E-state index is 10.7. The third kappa shape index (κ3) is 4.61. The van der Waals surface area contributed by atoms with E-state index in [0.29, 0.717) is 6.42 Å². The minimum absolute atomic E-state index is 0.185. The van der Waals surface area contributed by atoms with Crippen molar-refractivity contribution >= 4 is 5.97 Å². The van der Waals surface area contributed by atoms with Crippen LogP contribution in [0, 0.1) is 0 Å². The Morgan fingerprint density at radius 2 is 1.71 bits per heavy atom. The number of carbonyl (C=O) groups is 1. The van der Waals surface area contributed by atoms with Crippen molar-refractivity contribution in [3.05, 3.63) is 65.2 Å². The van der Waals surface area contributed by atoms with Crippen LogP contribution in [0.25, 0.3) is 0 Å². The standard InChI is InChI=1S/C10H13NO3.C7H6/c1-11-9(10(13)14)6-7-2-4-8(12)5-3-7;1-2-4-7-5-6(7)3-1/h2-5,9,11-12H,6H2,1H3,(H,13,14);1-4H,5H2/t9-;/m0./s1. The van der Waals surface area contributed by atoms with Gasteiger partial charge in [-0.2, -0.15) is 0 Å². The van der Waals surface area contributed by atoms with Crippen LogP contribution in [-0.4, -0.2) is 29.3 Å². The predicted molar refractivity (Wildman–Crippen MR) is 81.5 cm³/mol. The summed E-state index contributed by atoms with van der Waals surface area (Å²) in [5.74, 6) is -0.689. The molecule has 3 N–H and O–H groups in total. The van der Waals surface area contributed by atoms with Crippen molar-refractivity contribution in [1.29, 1.82) is 0 Å². The zero-order valence-corrected chi connectivity index (χ0v) is 11.9. The van der Waals surface area contributed by atoms with Gasteiger partial charge in [-0.1, -0.05) is 36.4 Å². The summed E-state index contributed by atoms with van der Waals surface area (Å²) in [5, 5.41) is 20.5. The van der Waals surface area contributed by atoms with Crippen molar-refractivity contribution in [3.63, 3.8) is 0 Å². The number of carboxylic acids is 1. The van der Waals surface area contributed by atoms with Crippen LogP contribution in [0.2, 0.25) is 0 Å². The van der Waals surface area contributed by atoms with E-state index in [4.69, 9.17) is 10.2 Å². The molecule has 110 valence electrons. The molecule has 0 radical (unpaired) electrons. The van der Waals surface area contributed by atoms with Gasteiger partial charge in [0.2, 0.25) is 0 Å². The van der Waals surface area contributed by atoms with E-state index < -0.39 is 12.0 Å². The molecule has 0 amide bonds. The first-order valence-electron chi connectivity index (χ1n) is 6.85. The van der Waals surface area contributed by atoms with Gasteiger partial charge in [-0.25, -0.2) is 0 Å². The fraction of sp³-hybridized carbons (Fsp3) is 0.235. The van der Waals surface area contributed by atoms with Gasteiger partial charge in [0.25, 0.3) is 0 Å². The molecule has 0 heterocycles. The Balaban J connectivity index is 0.000000189. The summed E-state index contributed by atoms with van der Waals surface area (Å²) in [6.45, 7) is 0. The van der Waals surface area contributed by atoms with E-state index in [1.54, 1.807) is 31.3 Å². The van der Waals surface area contributed by atoms with E-state index >= 15 is 0 Å². The summed E-state index contributed by atoms with van der Waals surface area (Å²) >= 11 is 0. The number of likely N-dealkylation sites (N-methyl/N-ethyl adjacent to an activating group) is 1. The Hall–Kier alpha value is -2.33. The quantitative estimate of drug-likeness (QED) is 0.687. The minimum Gasteiger partial charge on any atom is -0.508 e. The van der Waals surface area contributed by atoms with Gasteiger partial charge in [-0.15, -0.1) is 0 Å². The van der Waals surface area contributed by atoms with Crippen LogP contribution < -0.4 is 5.32 Å². The minimum atomic E-state index is -0.874. The Kier molecular flexibility index (Phi) is 4.95. The third-order valence-corrected chi connectivity index (χ3v) is 3.40. The normalized spacial score (nSPS) is 12.6. The summed E-state index contributed by atoms with van der Waals surface area (Å²) in [5.41, 5.74) is 3.94. The molecule has 21 heavy (non-hydrogen) atoms. The fourth-order valence-corrected chi connectivity index (χ4v) is 2.02. The van der Waals surface area contributed by atoms with Crippen LogP contribution in [0.4, 0.5) is 0 Å². The summed E-state index contributed by atoms with van der Waals surface area (Å²) in [7, 11) is 1.61. The Morgan fingerprint density at radius 3 is 2.14 bits per heavy atom. The monoisotopic (exact) mass is 285 g/mol. The lowest BCUT2D eigenvalue weighted by Gasteiger charge is -2.10. The second-order valence-electron chi connectivity index (χ2n) is 5.00. The smallest absolute Gasteiger partial charge is 0.321 e. The third-order valence-electron chi connectivity index (χ3n) is 3.40. The highest BCUT2D eigenvalue weighted by Crippen LogP contribution is 2.25. The molecular formula is C17H19NO3. The van der Waals surface area contributed by atoms with E-state index in [1.165, 1.54) is 17.5 Å². The van der Waals surface area contributed by atoms with Gasteiger partial charge < -0.3 is 15.5 Å². The van der Waals surface area contributed by atoms with Gasteiger partial charge in [-0.3, -0.25) is 4.79 Å². The van der Waals surface area contributed by atoms with Crippen LogP contribution in [0.3, 0.4) is 0 Å². The first-order chi connectivity index (χ1) is 10.1. The van der Waals surface area contributed by atoms with Gasteiger partial charge in [-0.05, 0) is 48.7 Å². The van der Waals surface area contributed by atoms with E-state index in [-0.39, 0.29) is 5.75 Å². The number of aliphatic carboxylic acids is 1. The number of phenolic OH excluding ortho intramolecular Hbond substituents is 1. The maximum atomic E-state index is 10.7. The first kappa shape index (κ1) is 15.1. The van der Waals surface area contributed by atoms with E-state index in [9.17, 15) is 4.79 Å². The summed E-state index contributed by atoms with van der Waals surface area (Å²) < 4.78 is 0. The zero-order chi connectivity index (χ0) is 15.2. The number of carboxylic acid groups (broad SMARTS) is 1. The van der Waals surface area contributed by atoms with Crippen LogP contribution in [0.1, 0.15) is 16.7 Å². The second kappa shape index (κ2) is 6.90. The van der Waals surface area contributed by atoms with Crippen LogP contribution in [0.15, 0.2) is 48.5 Å². The molecule has 0 spiro atoms. The summed E-state index contributed by atoms with van der Waals surface area (Å²) in [4.78, 5) is 10.7. The molecule has 4 nitrogen and oxygen atoms in total. The molecule has 0 fully saturated rings. The molecule has 4 heteroatoms. The van der Waals surface area contributed by atoms with E-state index in [1.807, 2.05) is 0 Å². The van der Waals surface area contributed by atoms with Gasteiger partial charge in [0, 0.05) is 0 Å². The lowest BCUT2D eigenvalue weighted by Crippen LogP contribution is -2.35. The fourth-order valence-electron chi connectivity index (χ4n) is 2.02. The van der Waals surface area contributed by atoms with Crippen molar-refractivity contribution in [1.82, 2.24) is 5.32 Å². The van der Waals surface area contributed by atoms with Crippen molar-refractivity contribution < 1.29 is 15.0 Å². The van der Waals surface area contributed by atoms with Crippen LogP contribution in [-0.2, 0) is 17.6 Å². The highest BCUT2D eigenvalue weighted by molar-refractivity contribution is 5.73. The molecule has 0 saturated heterocycles. The summed E-state index contributed by atoms with van der Waals surface area (Å²) in [6.07, 6.45) is 1.65. The van der Waals surface area contributed by atoms with Crippen molar-refractivity contribution in [2.24, 2.45) is 0 Å². The number of fused-ring (bicyclic) bond motifs is 1. The van der Waals surface area contributed by atoms with Gasteiger partial charge >= 0.3 is 5.97 Å². The average molecular weight is 285 g/mol. The zero-order valence-electron chi connectivity index (χ0n) is 11.9. The molecule has 1 atom stereocenters. The number of rotatable bonds is 4. The molecule has 0 saturated carbocycles. The molecule has 1 aliphatic rings. The Bertz CT molecular complexity index is 587. The lowest BCUT2D eigenvalue weighted by atomic mass is 10.1. The number of nitrogens with one attached hydrogen (secondary N) is 1. The van der Waals surface area contributed by atoms with Crippen LogP contribution in [0.5, 0.6) is 5.75 Å². The number of benzene rings is 2. The molecule has 0 unspecified atom stereocenters. The van der Waals surface area contributed by atoms with Crippen molar-refractivity contribution in [2.75, 3.05) is 7.05 Å². The highest BCUT2D eigenvalue weighted by atomic mass is 16.4.